The van der Waals surface area contributed by atoms with Gasteiger partial charge in [0.15, 0.2) is 0 Å². The maximum atomic E-state index is 12.3. The van der Waals surface area contributed by atoms with Crippen LogP contribution < -0.4 is 9.92 Å². The molecular weight excluding hydrogens is 401 g/mol. The minimum absolute atomic E-state index is 0.193. The molecule has 0 aliphatic carbocycles. The number of unbranched alkanes of at least 4 members (excludes halogenated alkanes) is 7. The highest BCUT2D eigenvalue weighted by molar-refractivity contribution is 6.89. The highest BCUT2D eigenvalue weighted by Gasteiger charge is 2.31. The molecule has 1 nitrogen and oxygen atoms in total. The van der Waals surface area contributed by atoms with E-state index >= 15 is 0 Å². The predicted octanol–water partition coefficient (Wildman–Crippen LogP) is 8.31. The molecule has 0 aromatic heterocycles. The van der Waals surface area contributed by atoms with E-state index in [1.54, 1.807) is 12.1 Å². The SMILES string of the molecule is CCCCCCCCCC[Si](C)(C)c1ccc(-c2ccc(OC(F)(F)F)cc2)cc1. The van der Waals surface area contributed by atoms with Crippen LogP contribution in [0.2, 0.25) is 19.1 Å². The van der Waals surface area contributed by atoms with Crippen molar-refractivity contribution in [3.63, 3.8) is 0 Å². The molecule has 5 heteroatoms. The standard InChI is InChI=1S/C25H35F3OSi/c1-4-5-6-7-8-9-10-11-20-30(2,3)24-18-14-22(15-19-24)21-12-16-23(17-13-21)29-25(26,27)28/h12-19H,4-11,20H2,1-3H3. The fourth-order valence-corrected chi connectivity index (χ4v) is 6.30. The van der Waals surface area contributed by atoms with Gasteiger partial charge in [-0.15, -0.1) is 13.2 Å². The van der Waals surface area contributed by atoms with E-state index in [1.165, 1.54) is 74.7 Å². The molecule has 2 rings (SSSR count). The highest BCUT2D eigenvalue weighted by Crippen LogP contribution is 2.26. The van der Waals surface area contributed by atoms with Crippen molar-refractivity contribution >= 4 is 13.3 Å². The first-order valence-electron chi connectivity index (χ1n) is 11.2. The lowest BCUT2D eigenvalue weighted by Gasteiger charge is -2.23. The summed E-state index contributed by atoms with van der Waals surface area (Å²) >= 11 is 0. The summed E-state index contributed by atoms with van der Waals surface area (Å²) in [5.74, 6) is -0.193. The second-order valence-corrected chi connectivity index (χ2v) is 13.6. The fourth-order valence-electron chi connectivity index (χ4n) is 3.81. The lowest BCUT2D eigenvalue weighted by molar-refractivity contribution is -0.274. The third-order valence-corrected chi connectivity index (χ3v) is 9.24. The average Bonchev–Trinajstić information content (AvgIpc) is 2.69. The summed E-state index contributed by atoms with van der Waals surface area (Å²) in [6.45, 7) is 7.10. The number of hydrogen-bond acceptors (Lipinski definition) is 1. The minimum Gasteiger partial charge on any atom is -0.406 e. The Balaban J connectivity index is 1.85. The van der Waals surface area contributed by atoms with E-state index in [2.05, 4.69) is 49.0 Å². The predicted molar refractivity (Wildman–Crippen MR) is 123 cm³/mol. The first kappa shape index (κ1) is 24.5. The van der Waals surface area contributed by atoms with Gasteiger partial charge in [-0.3, -0.25) is 0 Å². The second-order valence-electron chi connectivity index (χ2n) is 8.76. The molecule has 0 saturated heterocycles. The van der Waals surface area contributed by atoms with Crippen LogP contribution in [0.1, 0.15) is 58.3 Å². The average molecular weight is 437 g/mol. The van der Waals surface area contributed by atoms with E-state index in [0.29, 0.717) is 0 Å². The minimum atomic E-state index is -4.66. The van der Waals surface area contributed by atoms with Crippen LogP contribution in [-0.4, -0.2) is 14.4 Å². The Morgan fingerprint density at radius 2 is 1.17 bits per heavy atom. The Labute approximate surface area is 180 Å². The quantitative estimate of drug-likeness (QED) is 0.240. The molecule has 0 unspecified atom stereocenters. The summed E-state index contributed by atoms with van der Waals surface area (Å²) in [4.78, 5) is 0. The van der Waals surface area contributed by atoms with Crippen molar-refractivity contribution in [2.75, 3.05) is 0 Å². The number of benzene rings is 2. The Bertz CT molecular complexity index is 736. The molecule has 0 radical (unpaired) electrons. The van der Waals surface area contributed by atoms with E-state index in [0.717, 1.165) is 11.1 Å². The Morgan fingerprint density at radius 3 is 1.67 bits per heavy atom. The maximum Gasteiger partial charge on any atom is 0.573 e. The van der Waals surface area contributed by atoms with Crippen molar-refractivity contribution in [3.8, 4) is 16.9 Å². The first-order valence-corrected chi connectivity index (χ1v) is 14.4. The number of alkyl halides is 3. The van der Waals surface area contributed by atoms with E-state index in [1.807, 2.05) is 0 Å². The summed E-state index contributed by atoms with van der Waals surface area (Å²) in [6.07, 6.45) is 6.10. The smallest absolute Gasteiger partial charge is 0.406 e. The van der Waals surface area contributed by atoms with Crippen molar-refractivity contribution in [3.05, 3.63) is 48.5 Å². The summed E-state index contributed by atoms with van der Waals surface area (Å²) in [6, 6.07) is 15.9. The van der Waals surface area contributed by atoms with E-state index in [4.69, 9.17) is 0 Å². The second kappa shape index (κ2) is 11.6. The zero-order chi connectivity index (χ0) is 22.0. The molecule has 166 valence electrons. The van der Waals surface area contributed by atoms with Gasteiger partial charge in [0.1, 0.15) is 5.75 Å². The van der Waals surface area contributed by atoms with Crippen LogP contribution in [0.25, 0.3) is 11.1 Å². The molecule has 2 aromatic rings. The molecule has 0 saturated carbocycles. The van der Waals surface area contributed by atoms with E-state index in [9.17, 15) is 13.2 Å². The topological polar surface area (TPSA) is 9.23 Å². The molecular formula is C25H35F3OSi. The monoisotopic (exact) mass is 436 g/mol. The molecule has 0 aliphatic heterocycles. The van der Waals surface area contributed by atoms with Crippen LogP contribution in [0, 0.1) is 0 Å². The zero-order valence-corrected chi connectivity index (χ0v) is 19.5. The van der Waals surface area contributed by atoms with E-state index in [-0.39, 0.29) is 5.75 Å². The molecule has 0 fully saturated rings. The molecule has 0 heterocycles. The fraction of sp³-hybridized carbons (Fsp3) is 0.520. The molecule has 0 atom stereocenters. The summed E-state index contributed by atoms with van der Waals surface area (Å²) in [7, 11) is -1.47. The van der Waals surface area contributed by atoms with Crippen molar-refractivity contribution in [2.24, 2.45) is 0 Å². The van der Waals surface area contributed by atoms with Crippen molar-refractivity contribution in [1.82, 2.24) is 0 Å². The lowest BCUT2D eigenvalue weighted by atomic mass is 10.1. The lowest BCUT2D eigenvalue weighted by Crippen LogP contribution is -2.40. The van der Waals surface area contributed by atoms with Gasteiger partial charge in [0.2, 0.25) is 0 Å². The van der Waals surface area contributed by atoms with Crippen LogP contribution >= 0.6 is 0 Å². The summed E-state index contributed by atoms with van der Waals surface area (Å²) in [5.41, 5.74) is 1.90. The molecule has 0 amide bonds. The van der Waals surface area contributed by atoms with Crippen molar-refractivity contribution in [1.29, 1.82) is 0 Å². The molecule has 0 spiro atoms. The van der Waals surface area contributed by atoms with Gasteiger partial charge in [-0.25, -0.2) is 0 Å². The van der Waals surface area contributed by atoms with Crippen LogP contribution in [-0.2, 0) is 0 Å². The van der Waals surface area contributed by atoms with Gasteiger partial charge in [0.25, 0.3) is 0 Å². The largest absolute Gasteiger partial charge is 0.573 e. The molecule has 0 bridgehead atoms. The van der Waals surface area contributed by atoms with Crippen LogP contribution in [0.3, 0.4) is 0 Å². The van der Waals surface area contributed by atoms with Crippen LogP contribution in [0.4, 0.5) is 13.2 Å². The van der Waals surface area contributed by atoms with Gasteiger partial charge in [-0.05, 0) is 23.3 Å². The molecule has 0 N–H and O–H groups in total. The first-order chi connectivity index (χ1) is 14.2. The maximum absolute atomic E-state index is 12.3. The summed E-state index contributed by atoms with van der Waals surface area (Å²) < 4.78 is 40.8. The number of halogens is 3. The third-order valence-electron chi connectivity index (χ3n) is 5.74. The van der Waals surface area contributed by atoms with Gasteiger partial charge in [-0.2, -0.15) is 0 Å². The van der Waals surface area contributed by atoms with Crippen LogP contribution in [0.15, 0.2) is 48.5 Å². The van der Waals surface area contributed by atoms with E-state index < -0.39 is 14.4 Å². The van der Waals surface area contributed by atoms with Gasteiger partial charge < -0.3 is 4.74 Å². The normalized spacial score (nSPS) is 12.2. The Morgan fingerprint density at radius 1 is 0.700 bits per heavy atom. The molecule has 0 aliphatic rings. The number of ether oxygens (including phenoxy) is 1. The Kier molecular flexibility index (Phi) is 9.47. The Hall–Kier alpha value is -1.75. The molecule has 30 heavy (non-hydrogen) atoms. The van der Waals surface area contributed by atoms with Gasteiger partial charge >= 0.3 is 6.36 Å². The van der Waals surface area contributed by atoms with Gasteiger partial charge in [0.05, 0.1) is 8.07 Å². The zero-order valence-electron chi connectivity index (χ0n) is 18.5. The van der Waals surface area contributed by atoms with Crippen molar-refractivity contribution in [2.45, 2.75) is 83.8 Å². The highest BCUT2D eigenvalue weighted by atomic mass is 28.3. The van der Waals surface area contributed by atoms with Gasteiger partial charge in [0, 0.05) is 0 Å². The van der Waals surface area contributed by atoms with Crippen LogP contribution in [0.5, 0.6) is 5.75 Å². The van der Waals surface area contributed by atoms with Crippen molar-refractivity contribution < 1.29 is 17.9 Å². The number of rotatable bonds is 12. The summed E-state index contributed by atoms with van der Waals surface area (Å²) in [5, 5.41) is 1.44. The van der Waals surface area contributed by atoms with Gasteiger partial charge in [-0.1, -0.05) is 119 Å². The molecule has 2 aromatic carbocycles. The third kappa shape index (κ3) is 8.55. The number of hydrogen-bond donors (Lipinski definition) is 0.